The fourth-order valence-electron chi connectivity index (χ4n) is 1.56. The first-order valence-corrected chi connectivity index (χ1v) is 8.76. The highest BCUT2D eigenvalue weighted by Gasteiger charge is 2.22. The molecule has 0 aliphatic rings. The van der Waals surface area contributed by atoms with Crippen LogP contribution in [-0.4, -0.2) is 34.1 Å². The van der Waals surface area contributed by atoms with Crippen LogP contribution in [-0.2, 0) is 16.6 Å². The van der Waals surface area contributed by atoms with E-state index in [4.69, 9.17) is 22.1 Å². The van der Waals surface area contributed by atoms with Crippen LogP contribution in [0.2, 0.25) is 5.02 Å². The van der Waals surface area contributed by atoms with Gasteiger partial charge in [0, 0.05) is 29.4 Å². The van der Waals surface area contributed by atoms with Gasteiger partial charge in [0.2, 0.25) is 10.0 Å². The van der Waals surface area contributed by atoms with E-state index in [0.29, 0.717) is 22.9 Å². The molecule has 1 aromatic carbocycles. The van der Waals surface area contributed by atoms with E-state index in [1.807, 2.05) is 6.26 Å². The summed E-state index contributed by atoms with van der Waals surface area (Å²) in [5.41, 5.74) is 6.13. The molecule has 108 valence electrons. The van der Waals surface area contributed by atoms with Crippen LogP contribution in [0.1, 0.15) is 5.56 Å². The molecule has 0 amide bonds. The predicted octanol–water partition coefficient (Wildman–Crippen LogP) is 1.45. The lowest BCUT2D eigenvalue weighted by Crippen LogP contribution is -2.26. The molecule has 0 spiro atoms. The van der Waals surface area contributed by atoms with Crippen molar-refractivity contribution in [2.45, 2.75) is 11.4 Å². The fourth-order valence-corrected chi connectivity index (χ4v) is 3.57. The van der Waals surface area contributed by atoms with E-state index in [2.05, 4.69) is 4.72 Å². The zero-order chi connectivity index (χ0) is 14.5. The molecule has 1 rings (SSSR count). The van der Waals surface area contributed by atoms with Gasteiger partial charge in [-0.3, -0.25) is 0 Å². The molecule has 0 saturated carbocycles. The van der Waals surface area contributed by atoms with E-state index in [9.17, 15) is 8.42 Å². The molecule has 0 atom stereocenters. The topological polar surface area (TPSA) is 81.4 Å². The maximum atomic E-state index is 12.2. The Morgan fingerprint density at radius 1 is 1.47 bits per heavy atom. The van der Waals surface area contributed by atoms with Crippen molar-refractivity contribution >= 4 is 33.4 Å². The fraction of sp³-hybridized carbons (Fsp3) is 0.455. The number of nitrogens with one attached hydrogen (secondary N) is 1. The van der Waals surface area contributed by atoms with Gasteiger partial charge in [-0.25, -0.2) is 13.1 Å². The van der Waals surface area contributed by atoms with Crippen LogP contribution in [0.3, 0.4) is 0 Å². The zero-order valence-electron chi connectivity index (χ0n) is 10.8. The number of nitrogens with two attached hydrogens (primary N) is 1. The van der Waals surface area contributed by atoms with Crippen molar-refractivity contribution in [1.29, 1.82) is 0 Å². The summed E-state index contributed by atoms with van der Waals surface area (Å²) in [6.45, 7) is 0.494. The maximum Gasteiger partial charge on any atom is 0.244 e. The summed E-state index contributed by atoms with van der Waals surface area (Å²) in [7, 11) is -2.25. The van der Waals surface area contributed by atoms with Gasteiger partial charge >= 0.3 is 0 Å². The van der Waals surface area contributed by atoms with Gasteiger partial charge in [-0.1, -0.05) is 11.6 Å². The Morgan fingerprint density at radius 3 is 2.68 bits per heavy atom. The molecule has 0 fully saturated rings. The Kier molecular flexibility index (Phi) is 6.41. The number of rotatable bonds is 7. The Morgan fingerprint density at radius 2 is 2.16 bits per heavy atom. The van der Waals surface area contributed by atoms with E-state index < -0.39 is 10.0 Å². The van der Waals surface area contributed by atoms with Crippen molar-refractivity contribution in [3.63, 3.8) is 0 Å². The number of ether oxygens (including phenoxy) is 1. The lowest BCUT2D eigenvalue weighted by atomic mass is 10.2. The molecule has 5 nitrogen and oxygen atoms in total. The Labute approximate surface area is 122 Å². The second-order valence-corrected chi connectivity index (χ2v) is 6.85. The lowest BCUT2D eigenvalue weighted by Gasteiger charge is -2.14. The minimum Gasteiger partial charge on any atom is -0.495 e. The van der Waals surface area contributed by atoms with E-state index in [-0.39, 0.29) is 17.2 Å². The number of hydrogen-bond acceptors (Lipinski definition) is 5. The second kappa shape index (κ2) is 7.35. The second-order valence-electron chi connectivity index (χ2n) is 3.69. The van der Waals surface area contributed by atoms with Gasteiger partial charge in [0.05, 0.1) is 7.11 Å². The summed E-state index contributed by atoms with van der Waals surface area (Å²) in [5.74, 6) is 0.926. The van der Waals surface area contributed by atoms with Crippen LogP contribution in [0.25, 0.3) is 0 Å². The highest BCUT2D eigenvalue weighted by atomic mass is 35.5. The molecule has 0 unspecified atom stereocenters. The van der Waals surface area contributed by atoms with Crippen molar-refractivity contribution in [3.05, 3.63) is 22.7 Å². The molecular formula is C11H17ClN2O3S2. The molecule has 0 aliphatic heterocycles. The average molecular weight is 325 g/mol. The highest BCUT2D eigenvalue weighted by molar-refractivity contribution is 7.98. The Balaban J connectivity index is 3.21. The first kappa shape index (κ1) is 16.6. The number of sulfonamides is 1. The van der Waals surface area contributed by atoms with E-state index in [0.717, 1.165) is 0 Å². The maximum absolute atomic E-state index is 12.2. The monoisotopic (exact) mass is 324 g/mol. The van der Waals surface area contributed by atoms with Crippen LogP contribution in [0, 0.1) is 0 Å². The van der Waals surface area contributed by atoms with E-state index in [1.165, 1.54) is 13.2 Å². The molecule has 3 N–H and O–H groups in total. The molecule has 0 aliphatic carbocycles. The van der Waals surface area contributed by atoms with Crippen molar-refractivity contribution in [1.82, 2.24) is 4.72 Å². The van der Waals surface area contributed by atoms with Crippen LogP contribution in [0.5, 0.6) is 5.75 Å². The predicted molar refractivity (Wildman–Crippen MR) is 79.5 cm³/mol. The van der Waals surface area contributed by atoms with E-state index >= 15 is 0 Å². The van der Waals surface area contributed by atoms with Gasteiger partial charge in [0.15, 0.2) is 0 Å². The Hall–Kier alpha value is -0.470. The first-order valence-electron chi connectivity index (χ1n) is 5.51. The molecular weight excluding hydrogens is 308 g/mol. The van der Waals surface area contributed by atoms with Gasteiger partial charge in [-0.2, -0.15) is 11.8 Å². The first-order chi connectivity index (χ1) is 8.96. The highest BCUT2D eigenvalue weighted by Crippen LogP contribution is 2.31. The van der Waals surface area contributed by atoms with Gasteiger partial charge in [-0.05, 0) is 18.4 Å². The summed E-state index contributed by atoms with van der Waals surface area (Å²) < 4.78 is 32.1. The third-order valence-corrected chi connectivity index (χ3v) is 4.71. The minimum absolute atomic E-state index is 0.0176. The summed E-state index contributed by atoms with van der Waals surface area (Å²) in [6, 6.07) is 2.96. The van der Waals surface area contributed by atoms with Crippen molar-refractivity contribution in [3.8, 4) is 5.75 Å². The number of benzene rings is 1. The number of thioether (sulfide) groups is 1. The van der Waals surface area contributed by atoms with Crippen LogP contribution in [0.15, 0.2) is 17.0 Å². The molecule has 1 aromatic rings. The molecule has 0 bridgehead atoms. The molecule has 0 saturated heterocycles. The summed E-state index contributed by atoms with van der Waals surface area (Å²) >= 11 is 7.47. The quantitative estimate of drug-likeness (QED) is 0.742. The van der Waals surface area contributed by atoms with Crippen LogP contribution in [0.4, 0.5) is 0 Å². The third kappa shape index (κ3) is 4.25. The third-order valence-electron chi connectivity index (χ3n) is 2.41. The molecule has 0 heterocycles. The summed E-state index contributed by atoms with van der Waals surface area (Å²) in [4.78, 5) is 0.0176. The van der Waals surface area contributed by atoms with Crippen molar-refractivity contribution in [2.24, 2.45) is 5.73 Å². The molecule has 0 radical (unpaired) electrons. The normalized spacial score (nSPS) is 11.6. The molecule has 8 heteroatoms. The van der Waals surface area contributed by atoms with Crippen molar-refractivity contribution < 1.29 is 13.2 Å². The summed E-state index contributed by atoms with van der Waals surface area (Å²) in [5, 5.41) is 0.312. The van der Waals surface area contributed by atoms with Gasteiger partial charge in [0.25, 0.3) is 0 Å². The van der Waals surface area contributed by atoms with Crippen LogP contribution < -0.4 is 15.2 Å². The largest absolute Gasteiger partial charge is 0.495 e. The SMILES string of the molecule is COc1c(CN)cc(Cl)cc1S(=O)(=O)NCCSC. The number of halogens is 1. The van der Waals surface area contributed by atoms with E-state index in [1.54, 1.807) is 17.8 Å². The number of methoxy groups -OCH3 is 1. The van der Waals surface area contributed by atoms with Gasteiger partial charge in [-0.15, -0.1) is 0 Å². The average Bonchev–Trinajstić information content (AvgIpc) is 2.37. The minimum atomic E-state index is -3.66. The lowest BCUT2D eigenvalue weighted by molar-refractivity contribution is 0.397. The standard InChI is InChI=1S/C11H17ClN2O3S2/c1-17-11-8(7-13)5-9(12)6-10(11)19(15,16)14-3-4-18-2/h5-6,14H,3-4,7,13H2,1-2H3. The number of hydrogen-bond donors (Lipinski definition) is 2. The zero-order valence-corrected chi connectivity index (χ0v) is 13.2. The van der Waals surface area contributed by atoms with Crippen LogP contribution >= 0.6 is 23.4 Å². The molecule has 0 aromatic heterocycles. The van der Waals surface area contributed by atoms with Gasteiger partial charge in [0.1, 0.15) is 10.6 Å². The Bertz CT molecular complexity index is 535. The van der Waals surface area contributed by atoms with Gasteiger partial charge < -0.3 is 10.5 Å². The smallest absolute Gasteiger partial charge is 0.244 e. The molecule has 19 heavy (non-hydrogen) atoms. The van der Waals surface area contributed by atoms with Crippen molar-refractivity contribution in [2.75, 3.05) is 25.7 Å². The summed E-state index contributed by atoms with van der Waals surface area (Å²) in [6.07, 6.45) is 1.90.